The van der Waals surface area contributed by atoms with Crippen molar-refractivity contribution in [2.24, 2.45) is 5.41 Å². The van der Waals surface area contributed by atoms with Crippen LogP contribution in [-0.4, -0.2) is 42.6 Å². The van der Waals surface area contributed by atoms with Gasteiger partial charge >= 0.3 is 0 Å². The molecule has 1 atom stereocenters. The number of hydrogen-bond donors (Lipinski definition) is 1. The summed E-state index contributed by atoms with van der Waals surface area (Å²) in [4.78, 5) is 29.1. The minimum atomic E-state index is -0.720. The van der Waals surface area contributed by atoms with Crippen LogP contribution >= 0.6 is 0 Å². The van der Waals surface area contributed by atoms with Gasteiger partial charge in [0.2, 0.25) is 5.91 Å². The number of aliphatic hydroxyl groups is 1. The summed E-state index contributed by atoms with van der Waals surface area (Å²) < 4.78 is 6.10. The van der Waals surface area contributed by atoms with E-state index >= 15 is 0 Å². The summed E-state index contributed by atoms with van der Waals surface area (Å²) >= 11 is 0. The Morgan fingerprint density at radius 2 is 1.78 bits per heavy atom. The van der Waals surface area contributed by atoms with Gasteiger partial charge in [-0.15, -0.1) is 0 Å². The Morgan fingerprint density at radius 1 is 1.11 bits per heavy atom. The van der Waals surface area contributed by atoms with Crippen molar-refractivity contribution in [2.45, 2.75) is 39.2 Å². The predicted molar refractivity (Wildman–Crippen MR) is 104 cm³/mol. The molecule has 1 N–H and O–H groups in total. The fraction of sp³-hybridized carbons (Fsp3) is 0.524. The number of carbonyl (C=O) groups is 1. The minimum absolute atomic E-state index is 0.103. The van der Waals surface area contributed by atoms with E-state index in [-0.39, 0.29) is 16.8 Å². The lowest BCUT2D eigenvalue weighted by Gasteiger charge is -2.38. The number of nitrogens with zero attached hydrogens (tertiary/aromatic N) is 2. The zero-order valence-corrected chi connectivity index (χ0v) is 16.1. The number of piperidine rings is 1. The van der Waals surface area contributed by atoms with E-state index in [1.165, 1.54) is 6.07 Å². The van der Waals surface area contributed by atoms with E-state index in [0.29, 0.717) is 35.5 Å². The summed E-state index contributed by atoms with van der Waals surface area (Å²) in [6.45, 7) is 5.76. The van der Waals surface area contributed by atoms with E-state index in [0.717, 1.165) is 31.4 Å². The van der Waals surface area contributed by atoms with Crippen molar-refractivity contribution < 1.29 is 14.3 Å². The Hall–Kier alpha value is -2.34. The highest BCUT2D eigenvalue weighted by atomic mass is 16.4. The lowest BCUT2D eigenvalue weighted by Crippen LogP contribution is -2.44. The molecule has 144 valence electrons. The van der Waals surface area contributed by atoms with Gasteiger partial charge in [-0.1, -0.05) is 0 Å². The number of fused-ring (bicyclic) bond motifs is 1. The fourth-order valence-electron chi connectivity index (χ4n) is 4.50. The number of amides is 1. The molecule has 1 aromatic carbocycles. The molecule has 6 nitrogen and oxygen atoms in total. The normalized spacial score (nSPS) is 20.7. The van der Waals surface area contributed by atoms with Crippen molar-refractivity contribution in [3.8, 4) is 0 Å². The molecule has 27 heavy (non-hydrogen) atoms. The molecule has 1 amide bonds. The summed E-state index contributed by atoms with van der Waals surface area (Å²) in [5.74, 6) is 0.765. The van der Waals surface area contributed by atoms with Gasteiger partial charge in [-0.2, -0.15) is 0 Å². The Morgan fingerprint density at radius 3 is 2.37 bits per heavy atom. The molecule has 0 bridgehead atoms. The van der Waals surface area contributed by atoms with E-state index in [1.807, 2.05) is 29.8 Å². The number of carbonyl (C=O) groups excluding carboxylic acids is 1. The van der Waals surface area contributed by atoms with Crippen LogP contribution in [0.4, 0.5) is 5.88 Å². The predicted octanol–water partition coefficient (Wildman–Crippen LogP) is 2.60. The molecule has 0 radical (unpaired) electrons. The second kappa shape index (κ2) is 6.37. The molecule has 4 rings (SSSR count). The SMILES string of the molecule is Cc1cc(C(C)O)c2oc(N3CCC4(CCN(C)C4=O)CC3)cc(=O)c2c1. The van der Waals surface area contributed by atoms with Crippen molar-refractivity contribution in [3.63, 3.8) is 0 Å². The first-order chi connectivity index (χ1) is 12.8. The van der Waals surface area contributed by atoms with E-state index < -0.39 is 6.10 Å². The fourth-order valence-corrected chi connectivity index (χ4v) is 4.50. The van der Waals surface area contributed by atoms with Crippen molar-refractivity contribution >= 4 is 22.8 Å². The molecular formula is C21H26N2O4. The maximum atomic E-state index is 12.7. The van der Waals surface area contributed by atoms with Gasteiger partial charge in [0.05, 0.1) is 16.9 Å². The number of anilines is 1. The molecule has 2 aromatic rings. The van der Waals surface area contributed by atoms with Gasteiger partial charge in [0.1, 0.15) is 5.58 Å². The standard InChI is InChI=1S/C21H26N2O4/c1-13-10-15(14(2)24)19-16(11-13)17(25)12-18(27-19)23-8-5-21(6-9-23)4-7-22(3)20(21)26/h10-12,14,24H,4-9H2,1-3H3. The average Bonchev–Trinajstić information content (AvgIpc) is 2.91. The van der Waals surface area contributed by atoms with Crippen LogP contribution in [0.3, 0.4) is 0 Å². The summed E-state index contributed by atoms with van der Waals surface area (Å²) in [5.41, 5.74) is 1.65. The van der Waals surface area contributed by atoms with Crippen LogP contribution in [0.1, 0.15) is 43.4 Å². The number of benzene rings is 1. The van der Waals surface area contributed by atoms with Crippen LogP contribution in [0.5, 0.6) is 0 Å². The molecule has 1 spiro atoms. The average molecular weight is 370 g/mol. The van der Waals surface area contributed by atoms with Gasteiger partial charge in [-0.05, 0) is 50.8 Å². The Balaban J connectivity index is 1.67. The Labute approximate surface area is 158 Å². The molecule has 2 saturated heterocycles. The van der Waals surface area contributed by atoms with Gasteiger partial charge < -0.3 is 19.3 Å². The van der Waals surface area contributed by atoms with Crippen molar-refractivity contribution in [3.05, 3.63) is 39.5 Å². The van der Waals surface area contributed by atoms with E-state index in [9.17, 15) is 14.7 Å². The topological polar surface area (TPSA) is 74.0 Å². The van der Waals surface area contributed by atoms with Gasteiger partial charge in [0, 0.05) is 38.3 Å². The number of rotatable bonds is 2. The number of hydrogen-bond acceptors (Lipinski definition) is 5. The van der Waals surface area contributed by atoms with Gasteiger partial charge in [0.25, 0.3) is 0 Å². The smallest absolute Gasteiger partial charge is 0.228 e. The number of aliphatic hydroxyl groups excluding tert-OH is 1. The highest BCUT2D eigenvalue weighted by Crippen LogP contribution is 2.42. The molecule has 0 aliphatic carbocycles. The molecule has 2 fully saturated rings. The lowest BCUT2D eigenvalue weighted by molar-refractivity contribution is -0.135. The zero-order chi connectivity index (χ0) is 19.3. The molecular weight excluding hydrogens is 344 g/mol. The first-order valence-electron chi connectivity index (χ1n) is 9.58. The third-order valence-electron chi connectivity index (χ3n) is 6.20. The largest absolute Gasteiger partial charge is 0.440 e. The maximum absolute atomic E-state index is 12.7. The Bertz CT molecular complexity index is 955. The van der Waals surface area contributed by atoms with E-state index in [1.54, 1.807) is 13.0 Å². The summed E-state index contributed by atoms with van der Waals surface area (Å²) in [6, 6.07) is 5.20. The lowest BCUT2D eigenvalue weighted by atomic mass is 9.77. The molecule has 2 aliphatic rings. The third kappa shape index (κ3) is 2.92. The highest BCUT2D eigenvalue weighted by molar-refractivity contribution is 5.85. The van der Waals surface area contributed by atoms with E-state index in [4.69, 9.17) is 4.42 Å². The first-order valence-corrected chi connectivity index (χ1v) is 9.58. The monoisotopic (exact) mass is 370 g/mol. The first kappa shape index (κ1) is 18.0. The van der Waals surface area contributed by atoms with Crippen LogP contribution in [-0.2, 0) is 4.79 Å². The summed E-state index contributed by atoms with van der Waals surface area (Å²) in [6.07, 6.45) is 1.73. The van der Waals surface area contributed by atoms with Crippen LogP contribution in [0.15, 0.2) is 27.4 Å². The molecule has 1 unspecified atom stereocenters. The highest BCUT2D eigenvalue weighted by Gasteiger charge is 2.47. The zero-order valence-electron chi connectivity index (χ0n) is 16.1. The van der Waals surface area contributed by atoms with Crippen molar-refractivity contribution in [2.75, 3.05) is 31.6 Å². The number of likely N-dealkylation sites (tertiary alicyclic amines) is 1. The van der Waals surface area contributed by atoms with Crippen molar-refractivity contribution in [1.82, 2.24) is 4.90 Å². The molecule has 2 aliphatic heterocycles. The third-order valence-corrected chi connectivity index (χ3v) is 6.20. The van der Waals surface area contributed by atoms with Gasteiger partial charge in [-0.25, -0.2) is 0 Å². The molecule has 0 saturated carbocycles. The Kier molecular flexibility index (Phi) is 4.26. The van der Waals surface area contributed by atoms with Crippen LogP contribution in [0.25, 0.3) is 11.0 Å². The van der Waals surface area contributed by atoms with Gasteiger partial charge in [-0.3, -0.25) is 9.59 Å². The van der Waals surface area contributed by atoms with Crippen LogP contribution in [0.2, 0.25) is 0 Å². The second-order valence-corrected chi connectivity index (χ2v) is 8.10. The second-order valence-electron chi connectivity index (χ2n) is 8.10. The van der Waals surface area contributed by atoms with E-state index in [2.05, 4.69) is 0 Å². The summed E-state index contributed by atoms with van der Waals surface area (Å²) in [5, 5.41) is 10.6. The van der Waals surface area contributed by atoms with Crippen LogP contribution < -0.4 is 10.3 Å². The molecule has 3 heterocycles. The minimum Gasteiger partial charge on any atom is -0.440 e. The quantitative estimate of drug-likeness (QED) is 0.880. The van der Waals surface area contributed by atoms with Crippen molar-refractivity contribution in [1.29, 1.82) is 0 Å². The maximum Gasteiger partial charge on any atom is 0.228 e. The number of aryl methyl sites for hydroxylation is 1. The van der Waals surface area contributed by atoms with Crippen LogP contribution in [0, 0.1) is 12.3 Å². The van der Waals surface area contributed by atoms with Gasteiger partial charge in [0.15, 0.2) is 11.3 Å². The molecule has 6 heteroatoms. The molecule has 1 aromatic heterocycles. The summed E-state index contributed by atoms with van der Waals surface area (Å²) in [7, 11) is 1.87.